The van der Waals surface area contributed by atoms with Crippen LogP contribution in [0.15, 0.2) is 77.9 Å². The molecule has 0 saturated carbocycles. The van der Waals surface area contributed by atoms with Crippen LogP contribution < -0.4 is 0 Å². The Hall–Kier alpha value is -3.14. The van der Waals surface area contributed by atoms with Gasteiger partial charge in [-0.15, -0.1) is 0 Å². The Bertz CT molecular complexity index is 968. The van der Waals surface area contributed by atoms with E-state index in [4.69, 9.17) is 0 Å². The lowest BCUT2D eigenvalue weighted by molar-refractivity contribution is -0.139. The van der Waals surface area contributed by atoms with Crippen LogP contribution in [0.25, 0.3) is 22.2 Å². The van der Waals surface area contributed by atoms with Gasteiger partial charge >= 0.3 is 5.97 Å². The molecule has 1 aliphatic rings. The van der Waals surface area contributed by atoms with Crippen LogP contribution in [0.3, 0.4) is 0 Å². The number of aromatic nitrogens is 1. The molecule has 1 aromatic heterocycles. The van der Waals surface area contributed by atoms with E-state index < -0.39 is 11.9 Å². The third-order valence-corrected chi connectivity index (χ3v) is 4.30. The first-order valence-corrected chi connectivity index (χ1v) is 7.86. The van der Waals surface area contributed by atoms with Crippen molar-refractivity contribution in [2.24, 2.45) is 10.9 Å². The number of nitrogens with zero attached hydrogens (tertiary/aromatic N) is 2. The molecule has 4 rings (SSSR count). The molecule has 118 valence electrons. The predicted octanol–water partition coefficient (Wildman–Crippen LogP) is 4.17. The summed E-state index contributed by atoms with van der Waals surface area (Å²) in [5.41, 5.74) is 3.14. The number of aliphatic carboxylic acids is 1. The number of carboxylic acid groups (broad SMARTS) is 1. The number of benzene rings is 2. The van der Waals surface area contributed by atoms with Gasteiger partial charge in [0.1, 0.15) is 5.84 Å². The van der Waals surface area contributed by atoms with Crippen molar-refractivity contribution in [3.63, 3.8) is 0 Å². The Labute approximate surface area is 139 Å². The minimum Gasteiger partial charge on any atom is -0.481 e. The van der Waals surface area contributed by atoms with Crippen molar-refractivity contribution in [1.29, 1.82) is 0 Å². The fraction of sp³-hybridized carbons (Fsp3) is 0.100. The molecule has 0 spiro atoms. The zero-order valence-electron chi connectivity index (χ0n) is 13.0. The standard InChI is InChI=1S/C20H16N2O2/c23-20(24)16-10-11-21-19(13-16)22-17-9-5-4-8-15(17)12-18(22)14-6-2-1-3-7-14/h1-12,16H,13H2,(H,23,24). The highest BCUT2D eigenvalue weighted by Crippen LogP contribution is 2.30. The summed E-state index contributed by atoms with van der Waals surface area (Å²) in [7, 11) is 0. The topological polar surface area (TPSA) is 54.6 Å². The molecule has 0 amide bonds. The van der Waals surface area contributed by atoms with Crippen LogP contribution in [0.1, 0.15) is 6.42 Å². The molecule has 0 fully saturated rings. The Balaban J connectivity index is 1.92. The lowest BCUT2D eigenvalue weighted by Gasteiger charge is -2.18. The Morgan fingerprint density at radius 1 is 1.08 bits per heavy atom. The van der Waals surface area contributed by atoms with Crippen LogP contribution in [0.4, 0.5) is 0 Å². The van der Waals surface area contributed by atoms with Gasteiger partial charge < -0.3 is 5.11 Å². The summed E-state index contributed by atoms with van der Waals surface area (Å²) in [6.45, 7) is 0. The first kappa shape index (κ1) is 14.5. The average Bonchev–Trinajstić information content (AvgIpc) is 3.02. The molecule has 24 heavy (non-hydrogen) atoms. The van der Waals surface area contributed by atoms with Gasteiger partial charge in [-0.3, -0.25) is 9.36 Å². The van der Waals surface area contributed by atoms with Crippen molar-refractivity contribution in [3.05, 3.63) is 72.9 Å². The second kappa shape index (κ2) is 5.81. The number of para-hydroxylation sites is 1. The molecule has 2 heterocycles. The first-order chi connectivity index (χ1) is 11.7. The SMILES string of the molecule is O=C(O)C1C=CN=C(n2c(-c3ccccc3)cc3ccccc32)C1. The van der Waals surface area contributed by atoms with E-state index in [1.54, 1.807) is 12.3 Å². The number of carbonyl (C=O) groups is 1. The maximum absolute atomic E-state index is 11.4. The fourth-order valence-corrected chi connectivity index (χ4v) is 3.12. The zero-order chi connectivity index (χ0) is 16.5. The minimum absolute atomic E-state index is 0.379. The number of rotatable bonds is 2. The van der Waals surface area contributed by atoms with E-state index >= 15 is 0 Å². The molecule has 0 saturated heterocycles. The van der Waals surface area contributed by atoms with Crippen LogP contribution in [0.5, 0.6) is 0 Å². The third-order valence-electron chi connectivity index (χ3n) is 4.30. The summed E-state index contributed by atoms with van der Waals surface area (Å²) in [6, 6.07) is 20.3. The maximum atomic E-state index is 11.4. The lowest BCUT2D eigenvalue weighted by atomic mass is 10.0. The van der Waals surface area contributed by atoms with Crippen molar-refractivity contribution in [1.82, 2.24) is 4.57 Å². The highest BCUT2D eigenvalue weighted by molar-refractivity contribution is 6.02. The lowest BCUT2D eigenvalue weighted by Crippen LogP contribution is -2.23. The van der Waals surface area contributed by atoms with Gasteiger partial charge in [0.2, 0.25) is 0 Å². The highest BCUT2D eigenvalue weighted by atomic mass is 16.4. The molecule has 4 nitrogen and oxygen atoms in total. The van der Waals surface area contributed by atoms with Gasteiger partial charge in [-0.1, -0.05) is 54.6 Å². The number of aliphatic imine (C=N–C) groups is 1. The van der Waals surface area contributed by atoms with Crippen LogP contribution in [-0.2, 0) is 4.79 Å². The Morgan fingerprint density at radius 3 is 2.62 bits per heavy atom. The molecule has 1 aliphatic heterocycles. The van der Waals surface area contributed by atoms with Gasteiger partial charge in [0.25, 0.3) is 0 Å². The first-order valence-electron chi connectivity index (χ1n) is 7.86. The summed E-state index contributed by atoms with van der Waals surface area (Å²) >= 11 is 0. The highest BCUT2D eigenvalue weighted by Gasteiger charge is 2.23. The second-order valence-electron chi connectivity index (χ2n) is 5.83. The van der Waals surface area contributed by atoms with Crippen LogP contribution >= 0.6 is 0 Å². The van der Waals surface area contributed by atoms with E-state index in [0.29, 0.717) is 6.42 Å². The van der Waals surface area contributed by atoms with Gasteiger partial charge in [-0.2, -0.15) is 0 Å². The van der Waals surface area contributed by atoms with Gasteiger partial charge in [-0.25, -0.2) is 4.99 Å². The molecule has 2 aromatic carbocycles. The van der Waals surface area contributed by atoms with Gasteiger partial charge in [-0.05, 0) is 17.7 Å². The maximum Gasteiger partial charge on any atom is 0.310 e. The molecular weight excluding hydrogens is 300 g/mol. The fourth-order valence-electron chi connectivity index (χ4n) is 3.12. The van der Waals surface area contributed by atoms with E-state index in [2.05, 4.69) is 33.8 Å². The largest absolute Gasteiger partial charge is 0.481 e. The zero-order valence-corrected chi connectivity index (χ0v) is 13.0. The molecule has 1 N–H and O–H groups in total. The molecule has 0 aliphatic carbocycles. The number of fused-ring (bicyclic) bond motifs is 1. The van der Waals surface area contributed by atoms with Gasteiger partial charge in [0, 0.05) is 18.0 Å². The van der Waals surface area contributed by atoms with Crippen molar-refractivity contribution < 1.29 is 9.90 Å². The molecule has 0 bridgehead atoms. The van der Waals surface area contributed by atoms with E-state index in [9.17, 15) is 9.90 Å². The molecule has 1 unspecified atom stereocenters. The Morgan fingerprint density at radius 2 is 1.83 bits per heavy atom. The molecule has 0 radical (unpaired) electrons. The van der Waals surface area contributed by atoms with Crippen molar-refractivity contribution in [2.45, 2.75) is 6.42 Å². The summed E-state index contributed by atoms with van der Waals surface area (Å²) in [6.07, 6.45) is 3.62. The number of carboxylic acids is 1. The third kappa shape index (κ3) is 2.42. The van der Waals surface area contributed by atoms with E-state index in [1.165, 1.54) is 0 Å². The Kier molecular flexibility index (Phi) is 3.50. The van der Waals surface area contributed by atoms with E-state index in [1.807, 2.05) is 36.4 Å². The average molecular weight is 316 g/mol. The van der Waals surface area contributed by atoms with Crippen molar-refractivity contribution in [3.8, 4) is 11.3 Å². The van der Waals surface area contributed by atoms with Crippen molar-refractivity contribution >= 4 is 22.7 Å². The smallest absolute Gasteiger partial charge is 0.310 e. The van der Waals surface area contributed by atoms with Crippen LogP contribution in [0, 0.1) is 5.92 Å². The molecule has 1 atom stereocenters. The monoisotopic (exact) mass is 316 g/mol. The molecular formula is C20H16N2O2. The minimum atomic E-state index is -0.823. The molecule has 3 aromatic rings. The quantitative estimate of drug-likeness (QED) is 0.771. The second-order valence-corrected chi connectivity index (χ2v) is 5.83. The van der Waals surface area contributed by atoms with Crippen LogP contribution in [0.2, 0.25) is 0 Å². The van der Waals surface area contributed by atoms with Crippen LogP contribution in [-0.4, -0.2) is 21.5 Å². The number of hydrogen-bond donors (Lipinski definition) is 1. The summed E-state index contributed by atoms with van der Waals surface area (Å²) in [5.74, 6) is -0.608. The number of hydrogen-bond acceptors (Lipinski definition) is 2. The summed E-state index contributed by atoms with van der Waals surface area (Å²) in [5, 5.41) is 10.4. The van der Waals surface area contributed by atoms with E-state index in [-0.39, 0.29) is 0 Å². The normalized spacial score (nSPS) is 17.0. The predicted molar refractivity (Wildman–Crippen MR) is 95.1 cm³/mol. The molecule has 4 heteroatoms. The van der Waals surface area contributed by atoms with E-state index in [0.717, 1.165) is 28.0 Å². The summed E-state index contributed by atoms with van der Waals surface area (Å²) in [4.78, 5) is 15.8. The van der Waals surface area contributed by atoms with Crippen molar-refractivity contribution in [2.75, 3.05) is 0 Å². The summed E-state index contributed by atoms with van der Waals surface area (Å²) < 4.78 is 2.07. The van der Waals surface area contributed by atoms with Gasteiger partial charge in [0.15, 0.2) is 0 Å². The van der Waals surface area contributed by atoms with Gasteiger partial charge in [0.05, 0.1) is 17.1 Å².